The summed E-state index contributed by atoms with van der Waals surface area (Å²) < 4.78 is 2.02. The fourth-order valence-electron chi connectivity index (χ4n) is 3.94. The molecule has 4 N–H and O–H groups in total. The Bertz CT molecular complexity index is 1510. The molecule has 0 aliphatic heterocycles. The van der Waals surface area contributed by atoms with Crippen molar-refractivity contribution in [2.45, 2.75) is 6.92 Å². The number of rotatable bonds is 4. The maximum atomic E-state index is 11.9. The van der Waals surface area contributed by atoms with Crippen molar-refractivity contribution in [3.63, 3.8) is 0 Å². The normalized spacial score (nSPS) is 11.2. The van der Waals surface area contributed by atoms with Gasteiger partial charge >= 0.3 is 0 Å². The van der Waals surface area contributed by atoms with Crippen molar-refractivity contribution in [2.75, 3.05) is 11.1 Å². The van der Waals surface area contributed by atoms with Crippen LogP contribution in [-0.4, -0.2) is 30.6 Å². The zero-order valence-electron chi connectivity index (χ0n) is 17.7. The summed E-state index contributed by atoms with van der Waals surface area (Å²) in [5.41, 5.74) is 13.0. The van der Waals surface area contributed by atoms with E-state index in [0.29, 0.717) is 17.1 Å². The lowest BCUT2D eigenvalue weighted by atomic mass is 9.97. The third kappa shape index (κ3) is 3.09. The van der Waals surface area contributed by atoms with E-state index in [0.717, 1.165) is 44.3 Å². The van der Waals surface area contributed by atoms with Crippen LogP contribution in [0, 0.1) is 0 Å². The van der Waals surface area contributed by atoms with Gasteiger partial charge in [0.05, 0.1) is 22.8 Å². The Morgan fingerprint density at radius 3 is 2.62 bits per heavy atom. The van der Waals surface area contributed by atoms with Gasteiger partial charge in [0.15, 0.2) is 0 Å². The van der Waals surface area contributed by atoms with E-state index < -0.39 is 0 Å². The van der Waals surface area contributed by atoms with E-state index in [1.807, 2.05) is 48.0 Å². The van der Waals surface area contributed by atoms with Crippen molar-refractivity contribution in [1.29, 1.82) is 0 Å². The molecule has 0 atom stereocenters. The molecule has 0 fully saturated rings. The van der Waals surface area contributed by atoms with E-state index in [1.165, 1.54) is 6.33 Å². The zero-order valence-corrected chi connectivity index (χ0v) is 17.7. The second kappa shape index (κ2) is 7.35. The Hall–Kier alpha value is -4.46. The molecule has 0 bridgehead atoms. The van der Waals surface area contributed by atoms with Crippen LogP contribution in [0.1, 0.15) is 6.92 Å². The molecule has 0 saturated carbocycles. The molecule has 0 unspecified atom stereocenters. The molecule has 5 rings (SSSR count). The maximum absolute atomic E-state index is 11.9. The molecule has 1 amide bonds. The highest BCUT2D eigenvalue weighted by atomic mass is 16.1. The Kier molecular flexibility index (Phi) is 4.48. The molecule has 0 radical (unpaired) electrons. The van der Waals surface area contributed by atoms with Crippen LogP contribution < -0.4 is 11.1 Å². The molecule has 0 spiro atoms. The number of aromatic nitrogens is 5. The molecule has 8 heteroatoms. The number of nitrogens with zero attached hydrogens (tertiary/aromatic N) is 4. The highest BCUT2D eigenvalue weighted by Gasteiger charge is 2.22. The first-order valence-corrected chi connectivity index (χ1v) is 10.0. The van der Waals surface area contributed by atoms with Crippen molar-refractivity contribution in [1.82, 2.24) is 24.7 Å². The number of aryl methyl sites for hydroxylation is 1. The summed E-state index contributed by atoms with van der Waals surface area (Å²) in [6.45, 7) is 5.35. The smallest absolute Gasteiger partial charge is 0.250 e. The fraction of sp³-hybridized carbons (Fsp3) is 0.0833. The number of nitrogen functional groups attached to an aromatic ring is 1. The van der Waals surface area contributed by atoms with Crippen molar-refractivity contribution >= 4 is 39.3 Å². The summed E-state index contributed by atoms with van der Waals surface area (Å²) in [6.07, 6.45) is 3.27. The zero-order chi connectivity index (χ0) is 22.4. The monoisotopic (exact) mass is 423 g/mol. The number of benzene rings is 2. The highest BCUT2D eigenvalue weighted by Crippen LogP contribution is 2.42. The number of fused-ring (bicyclic) bond motifs is 2. The highest BCUT2D eigenvalue weighted by molar-refractivity contribution is 6.09. The van der Waals surface area contributed by atoms with Gasteiger partial charge in [-0.2, -0.15) is 5.10 Å². The minimum absolute atomic E-state index is 0.209. The Morgan fingerprint density at radius 2 is 1.88 bits per heavy atom. The van der Waals surface area contributed by atoms with E-state index in [4.69, 9.17) is 5.73 Å². The van der Waals surface area contributed by atoms with Gasteiger partial charge in [0.1, 0.15) is 17.8 Å². The van der Waals surface area contributed by atoms with Gasteiger partial charge in [-0.15, -0.1) is 0 Å². The van der Waals surface area contributed by atoms with E-state index in [1.54, 1.807) is 13.1 Å². The van der Waals surface area contributed by atoms with Crippen LogP contribution in [0.4, 0.5) is 11.5 Å². The summed E-state index contributed by atoms with van der Waals surface area (Å²) in [6, 6.07) is 13.8. The first kappa shape index (κ1) is 19.5. The number of carbonyl (C=O) groups excluding carboxylic acids is 1. The molecular weight excluding hydrogens is 402 g/mol. The predicted molar refractivity (Wildman–Crippen MR) is 127 cm³/mol. The van der Waals surface area contributed by atoms with Crippen LogP contribution in [0.3, 0.4) is 0 Å². The molecule has 32 heavy (non-hydrogen) atoms. The lowest BCUT2D eigenvalue weighted by Gasteiger charge is -2.11. The van der Waals surface area contributed by atoms with E-state index >= 15 is 0 Å². The minimum atomic E-state index is -0.209. The number of aromatic amines is 1. The summed E-state index contributed by atoms with van der Waals surface area (Å²) in [7, 11) is 1.96. The quantitative estimate of drug-likeness (QED) is 0.373. The molecule has 8 nitrogen and oxygen atoms in total. The van der Waals surface area contributed by atoms with Crippen LogP contribution in [0.2, 0.25) is 0 Å². The fourth-order valence-corrected chi connectivity index (χ4v) is 3.94. The molecule has 3 aromatic heterocycles. The van der Waals surface area contributed by atoms with Gasteiger partial charge in [-0.3, -0.25) is 9.89 Å². The number of hydrogen-bond acceptors (Lipinski definition) is 5. The lowest BCUT2D eigenvalue weighted by molar-refractivity contribution is -0.112. The minimum Gasteiger partial charge on any atom is -0.383 e. The molecule has 5 aromatic rings. The summed E-state index contributed by atoms with van der Waals surface area (Å²) in [5, 5.41) is 11.7. The van der Waals surface area contributed by atoms with E-state index in [9.17, 15) is 4.79 Å². The molecule has 0 saturated heterocycles. The molecular formula is C24H21N7O. The molecule has 0 aliphatic carbocycles. The standard InChI is InChI=1S/C24H21N7O/c1-13(2)24(32)29-17-7-4-14(5-8-17)21-19(15-6-9-18-16(10-15)11-28-30-18)20-22(25)26-12-27-23(20)31(21)3/h4-12H,1H2,2-3H3,(H,28,30)(H,29,32)(H2,25,26,27). The molecule has 158 valence electrons. The lowest BCUT2D eigenvalue weighted by Crippen LogP contribution is -2.11. The predicted octanol–water partition coefficient (Wildman–Crippen LogP) is 4.28. The van der Waals surface area contributed by atoms with Crippen molar-refractivity contribution in [2.24, 2.45) is 7.05 Å². The van der Waals surface area contributed by atoms with Crippen LogP contribution in [0.15, 0.2) is 67.1 Å². The molecule has 2 aromatic carbocycles. The molecule has 3 heterocycles. The Labute approximate surface area is 183 Å². The van der Waals surface area contributed by atoms with Gasteiger partial charge in [0, 0.05) is 29.3 Å². The van der Waals surface area contributed by atoms with Gasteiger partial charge < -0.3 is 15.6 Å². The van der Waals surface area contributed by atoms with Crippen molar-refractivity contribution in [3.05, 3.63) is 67.1 Å². The summed E-state index contributed by atoms with van der Waals surface area (Å²) in [4.78, 5) is 20.7. The van der Waals surface area contributed by atoms with Crippen molar-refractivity contribution < 1.29 is 4.79 Å². The average Bonchev–Trinajstić information content (AvgIpc) is 3.37. The molecule has 0 aliphatic rings. The number of hydrogen-bond donors (Lipinski definition) is 3. The van der Waals surface area contributed by atoms with Gasteiger partial charge in [0.2, 0.25) is 0 Å². The summed E-state index contributed by atoms with van der Waals surface area (Å²) >= 11 is 0. The third-order valence-corrected chi connectivity index (χ3v) is 5.53. The third-order valence-electron chi connectivity index (χ3n) is 5.53. The number of H-pyrrole nitrogens is 1. The van der Waals surface area contributed by atoms with Crippen LogP contribution in [0.25, 0.3) is 44.3 Å². The largest absolute Gasteiger partial charge is 0.383 e. The van der Waals surface area contributed by atoms with Gasteiger partial charge in [-0.1, -0.05) is 24.8 Å². The van der Waals surface area contributed by atoms with Crippen LogP contribution in [-0.2, 0) is 11.8 Å². The number of carbonyl (C=O) groups is 1. The first-order valence-electron chi connectivity index (χ1n) is 10.0. The Balaban J connectivity index is 1.72. The average molecular weight is 423 g/mol. The second-order valence-electron chi connectivity index (χ2n) is 7.72. The first-order chi connectivity index (χ1) is 15.4. The Morgan fingerprint density at radius 1 is 1.12 bits per heavy atom. The summed E-state index contributed by atoms with van der Waals surface area (Å²) in [5.74, 6) is 0.212. The SMILES string of the molecule is C=C(C)C(=O)Nc1ccc(-c2c(-c3ccc4[nH]ncc4c3)c3c(N)ncnc3n2C)cc1. The van der Waals surface area contributed by atoms with E-state index in [-0.39, 0.29) is 5.91 Å². The topological polar surface area (TPSA) is 115 Å². The van der Waals surface area contributed by atoms with E-state index in [2.05, 4.69) is 38.1 Å². The van der Waals surface area contributed by atoms with Gasteiger partial charge in [-0.05, 0) is 42.3 Å². The second-order valence-corrected chi connectivity index (χ2v) is 7.72. The van der Waals surface area contributed by atoms with Crippen LogP contribution in [0.5, 0.6) is 0 Å². The number of amides is 1. The number of nitrogens with one attached hydrogen (secondary N) is 2. The van der Waals surface area contributed by atoms with Gasteiger partial charge in [-0.25, -0.2) is 9.97 Å². The maximum Gasteiger partial charge on any atom is 0.250 e. The van der Waals surface area contributed by atoms with Gasteiger partial charge in [0.25, 0.3) is 5.91 Å². The van der Waals surface area contributed by atoms with Crippen LogP contribution >= 0.6 is 0 Å². The number of anilines is 2. The van der Waals surface area contributed by atoms with Crippen molar-refractivity contribution in [3.8, 4) is 22.4 Å². The number of nitrogens with two attached hydrogens (primary N) is 1.